The molecule has 98 valence electrons. The van der Waals surface area contributed by atoms with Gasteiger partial charge in [0.1, 0.15) is 18.2 Å². The van der Waals surface area contributed by atoms with E-state index in [1.165, 1.54) is 0 Å². The van der Waals surface area contributed by atoms with Crippen LogP contribution in [-0.2, 0) is 9.53 Å². The number of pyridine rings is 1. The topological polar surface area (TPSA) is 72.5 Å². The Morgan fingerprint density at radius 3 is 2.89 bits per heavy atom. The monoisotopic (exact) mass is 251 g/mol. The molecule has 0 aliphatic carbocycles. The minimum atomic E-state index is 0.00861. The minimum Gasteiger partial charge on any atom is -0.490 e. The second kappa shape index (κ2) is 6.32. The molecule has 1 aliphatic rings. The lowest BCUT2D eigenvalue weighted by atomic mass is 10.0. The Bertz CT molecular complexity index is 390. The zero-order valence-electron chi connectivity index (χ0n) is 10.3. The fourth-order valence-corrected chi connectivity index (χ4v) is 1.48. The van der Waals surface area contributed by atoms with Gasteiger partial charge >= 0.3 is 0 Å². The summed E-state index contributed by atoms with van der Waals surface area (Å²) in [6.07, 6.45) is 1.59. The zero-order valence-corrected chi connectivity index (χ0v) is 10.3. The van der Waals surface area contributed by atoms with E-state index in [9.17, 15) is 4.79 Å². The molecule has 0 bridgehead atoms. The molecular formula is C12H17N3O3. The standard InChI is InChI=1S/C12H17N3O3/c1-17-4-5-18-10-2-3-11(14-8-10)15-12(16)9-6-13-7-9/h2-3,8-9,13H,4-7H2,1H3,(H,14,15,16). The number of nitrogens with zero attached hydrogens (tertiary/aromatic N) is 1. The van der Waals surface area contributed by atoms with Gasteiger partial charge in [0.15, 0.2) is 0 Å². The van der Waals surface area contributed by atoms with Gasteiger partial charge in [-0.1, -0.05) is 0 Å². The molecule has 0 atom stereocenters. The molecule has 0 radical (unpaired) electrons. The molecule has 1 aliphatic heterocycles. The van der Waals surface area contributed by atoms with Crippen molar-refractivity contribution >= 4 is 11.7 Å². The van der Waals surface area contributed by atoms with E-state index in [4.69, 9.17) is 9.47 Å². The summed E-state index contributed by atoms with van der Waals surface area (Å²) in [6, 6.07) is 3.50. The SMILES string of the molecule is COCCOc1ccc(NC(=O)C2CNC2)nc1. The second-order valence-electron chi connectivity index (χ2n) is 4.06. The van der Waals surface area contributed by atoms with Crippen LogP contribution in [0.3, 0.4) is 0 Å². The summed E-state index contributed by atoms with van der Waals surface area (Å²) in [5, 5.41) is 5.82. The van der Waals surface area contributed by atoms with Gasteiger partial charge in [-0.25, -0.2) is 4.98 Å². The summed E-state index contributed by atoms with van der Waals surface area (Å²) in [6.45, 7) is 2.50. The minimum absolute atomic E-state index is 0.00861. The van der Waals surface area contributed by atoms with Crippen LogP contribution in [0.5, 0.6) is 5.75 Å². The van der Waals surface area contributed by atoms with Crippen LogP contribution in [0, 0.1) is 5.92 Å². The van der Waals surface area contributed by atoms with Crippen molar-refractivity contribution in [2.45, 2.75) is 0 Å². The average Bonchev–Trinajstić information content (AvgIpc) is 2.29. The molecule has 0 spiro atoms. The molecule has 6 nitrogen and oxygen atoms in total. The van der Waals surface area contributed by atoms with Gasteiger partial charge in [0.2, 0.25) is 5.91 Å². The highest BCUT2D eigenvalue weighted by Crippen LogP contribution is 2.13. The smallest absolute Gasteiger partial charge is 0.231 e. The highest BCUT2D eigenvalue weighted by Gasteiger charge is 2.24. The van der Waals surface area contributed by atoms with Gasteiger partial charge in [-0.2, -0.15) is 0 Å². The number of nitrogens with one attached hydrogen (secondary N) is 2. The second-order valence-corrected chi connectivity index (χ2v) is 4.06. The van der Waals surface area contributed by atoms with Gasteiger partial charge in [-0.15, -0.1) is 0 Å². The summed E-state index contributed by atoms with van der Waals surface area (Å²) >= 11 is 0. The zero-order chi connectivity index (χ0) is 12.8. The number of anilines is 1. The number of carbonyl (C=O) groups excluding carboxylic acids is 1. The highest BCUT2D eigenvalue weighted by molar-refractivity contribution is 5.92. The Kier molecular flexibility index (Phi) is 4.49. The maximum absolute atomic E-state index is 11.7. The molecule has 18 heavy (non-hydrogen) atoms. The van der Waals surface area contributed by atoms with E-state index < -0.39 is 0 Å². The van der Waals surface area contributed by atoms with E-state index in [2.05, 4.69) is 15.6 Å². The quantitative estimate of drug-likeness (QED) is 0.710. The molecule has 1 aromatic heterocycles. The van der Waals surface area contributed by atoms with Crippen molar-refractivity contribution < 1.29 is 14.3 Å². The predicted molar refractivity (Wildman–Crippen MR) is 66.6 cm³/mol. The lowest BCUT2D eigenvalue weighted by Crippen LogP contribution is -2.48. The van der Waals surface area contributed by atoms with Crippen LogP contribution in [0.15, 0.2) is 18.3 Å². The third-order valence-electron chi connectivity index (χ3n) is 2.70. The Balaban J connectivity index is 1.81. The first-order valence-electron chi connectivity index (χ1n) is 5.89. The highest BCUT2D eigenvalue weighted by atomic mass is 16.5. The number of ether oxygens (including phenoxy) is 2. The van der Waals surface area contributed by atoms with Gasteiger partial charge < -0.3 is 20.1 Å². The van der Waals surface area contributed by atoms with E-state index in [1.807, 2.05) is 0 Å². The van der Waals surface area contributed by atoms with E-state index in [1.54, 1.807) is 25.4 Å². The maximum Gasteiger partial charge on any atom is 0.231 e. The van der Waals surface area contributed by atoms with E-state index in [-0.39, 0.29) is 11.8 Å². The predicted octanol–water partition coefficient (Wildman–Crippen LogP) is 0.265. The molecule has 0 aromatic carbocycles. The maximum atomic E-state index is 11.7. The third kappa shape index (κ3) is 3.41. The van der Waals surface area contributed by atoms with Crippen LogP contribution < -0.4 is 15.4 Å². The molecule has 0 saturated carbocycles. The fourth-order valence-electron chi connectivity index (χ4n) is 1.48. The van der Waals surface area contributed by atoms with Gasteiger partial charge in [0.05, 0.1) is 18.7 Å². The summed E-state index contributed by atoms with van der Waals surface area (Å²) < 4.78 is 10.3. The van der Waals surface area contributed by atoms with E-state index >= 15 is 0 Å². The summed E-state index contributed by atoms with van der Waals surface area (Å²) in [4.78, 5) is 15.8. The molecule has 6 heteroatoms. The van der Waals surface area contributed by atoms with Crippen molar-refractivity contribution in [3.05, 3.63) is 18.3 Å². The Hall–Kier alpha value is -1.66. The first kappa shape index (κ1) is 12.8. The Morgan fingerprint density at radius 2 is 2.33 bits per heavy atom. The van der Waals surface area contributed by atoms with Crippen LogP contribution in [0.2, 0.25) is 0 Å². The van der Waals surface area contributed by atoms with Crippen molar-refractivity contribution in [2.24, 2.45) is 5.92 Å². The van der Waals surface area contributed by atoms with Crippen LogP contribution >= 0.6 is 0 Å². The number of rotatable bonds is 6. The number of amides is 1. The molecule has 2 N–H and O–H groups in total. The van der Waals surface area contributed by atoms with Crippen LogP contribution in [-0.4, -0.2) is 44.3 Å². The summed E-state index contributed by atoms with van der Waals surface area (Å²) in [5.41, 5.74) is 0. The molecule has 1 aromatic rings. The summed E-state index contributed by atoms with van der Waals surface area (Å²) in [5.74, 6) is 1.28. The molecule has 1 saturated heterocycles. The summed E-state index contributed by atoms with van der Waals surface area (Å²) in [7, 11) is 1.62. The van der Waals surface area contributed by atoms with Crippen LogP contribution in [0.1, 0.15) is 0 Å². The number of aromatic nitrogens is 1. The number of hydrogen-bond acceptors (Lipinski definition) is 5. The lowest BCUT2D eigenvalue weighted by Gasteiger charge is -2.25. The van der Waals surface area contributed by atoms with Crippen molar-refractivity contribution in [3.8, 4) is 5.75 Å². The van der Waals surface area contributed by atoms with Gasteiger partial charge in [0.25, 0.3) is 0 Å². The first-order chi connectivity index (χ1) is 8.79. The third-order valence-corrected chi connectivity index (χ3v) is 2.70. The molecule has 0 unspecified atom stereocenters. The van der Waals surface area contributed by atoms with Crippen molar-refractivity contribution in [1.29, 1.82) is 0 Å². The van der Waals surface area contributed by atoms with Crippen LogP contribution in [0.25, 0.3) is 0 Å². The van der Waals surface area contributed by atoms with E-state index in [0.29, 0.717) is 24.8 Å². The van der Waals surface area contributed by atoms with Gasteiger partial charge in [-0.3, -0.25) is 4.79 Å². The Labute approximate surface area is 106 Å². The van der Waals surface area contributed by atoms with Gasteiger partial charge in [0, 0.05) is 20.2 Å². The number of hydrogen-bond donors (Lipinski definition) is 2. The fraction of sp³-hybridized carbons (Fsp3) is 0.500. The van der Waals surface area contributed by atoms with Crippen molar-refractivity contribution in [3.63, 3.8) is 0 Å². The van der Waals surface area contributed by atoms with E-state index in [0.717, 1.165) is 13.1 Å². The molecule has 1 amide bonds. The average molecular weight is 251 g/mol. The molecular weight excluding hydrogens is 234 g/mol. The normalized spacial score (nSPS) is 14.9. The molecule has 2 heterocycles. The van der Waals surface area contributed by atoms with Crippen molar-refractivity contribution in [2.75, 3.05) is 38.7 Å². The lowest BCUT2D eigenvalue weighted by molar-refractivity contribution is -0.121. The number of methoxy groups -OCH3 is 1. The molecule has 2 rings (SSSR count). The van der Waals surface area contributed by atoms with Crippen molar-refractivity contribution in [1.82, 2.24) is 10.3 Å². The number of carbonyl (C=O) groups is 1. The van der Waals surface area contributed by atoms with Crippen LogP contribution in [0.4, 0.5) is 5.82 Å². The molecule has 1 fully saturated rings. The first-order valence-corrected chi connectivity index (χ1v) is 5.89. The Morgan fingerprint density at radius 1 is 1.50 bits per heavy atom. The van der Waals surface area contributed by atoms with Gasteiger partial charge in [-0.05, 0) is 12.1 Å². The largest absolute Gasteiger partial charge is 0.490 e.